The van der Waals surface area contributed by atoms with E-state index in [9.17, 15) is 4.79 Å². The van der Waals surface area contributed by atoms with Gasteiger partial charge in [0.15, 0.2) is 12.1 Å². The van der Waals surface area contributed by atoms with Crippen molar-refractivity contribution in [3.05, 3.63) is 18.4 Å². The quantitative estimate of drug-likeness (QED) is 0.691. The molecule has 1 fully saturated rings. The SMILES string of the molecule is O=C(c1cocn1)N1CCCNCC1. The third kappa shape index (κ3) is 1.93. The Hall–Kier alpha value is -1.36. The number of amides is 1. The minimum Gasteiger partial charge on any atom is -0.451 e. The molecule has 1 aliphatic rings. The van der Waals surface area contributed by atoms with E-state index >= 15 is 0 Å². The van der Waals surface area contributed by atoms with Gasteiger partial charge < -0.3 is 14.6 Å². The van der Waals surface area contributed by atoms with Gasteiger partial charge in [-0.3, -0.25) is 4.79 Å². The van der Waals surface area contributed by atoms with E-state index in [2.05, 4.69) is 10.3 Å². The summed E-state index contributed by atoms with van der Waals surface area (Å²) in [6.07, 6.45) is 3.66. The third-order valence-corrected chi connectivity index (χ3v) is 2.28. The fourth-order valence-electron chi connectivity index (χ4n) is 1.53. The van der Waals surface area contributed by atoms with Crippen LogP contribution in [0.2, 0.25) is 0 Å². The molecule has 1 aromatic heterocycles. The van der Waals surface area contributed by atoms with Crippen LogP contribution < -0.4 is 5.32 Å². The van der Waals surface area contributed by atoms with Crippen LogP contribution in [0, 0.1) is 0 Å². The molecule has 5 heteroatoms. The van der Waals surface area contributed by atoms with Crippen molar-refractivity contribution in [3.63, 3.8) is 0 Å². The number of rotatable bonds is 1. The van der Waals surface area contributed by atoms with Gasteiger partial charge in [-0.25, -0.2) is 4.98 Å². The minimum absolute atomic E-state index is 0.0394. The average Bonchev–Trinajstić information content (AvgIpc) is 2.59. The average molecular weight is 195 g/mol. The van der Waals surface area contributed by atoms with E-state index in [-0.39, 0.29) is 5.91 Å². The number of hydrogen-bond donors (Lipinski definition) is 1. The number of carbonyl (C=O) groups is 1. The van der Waals surface area contributed by atoms with Crippen molar-refractivity contribution in [3.8, 4) is 0 Å². The molecule has 0 bridgehead atoms. The number of nitrogens with one attached hydrogen (secondary N) is 1. The van der Waals surface area contributed by atoms with Crippen molar-refractivity contribution < 1.29 is 9.21 Å². The summed E-state index contributed by atoms with van der Waals surface area (Å²) in [6, 6.07) is 0. The van der Waals surface area contributed by atoms with Crippen LogP contribution in [0.1, 0.15) is 16.9 Å². The molecule has 0 unspecified atom stereocenters. The molecule has 1 saturated heterocycles. The highest BCUT2D eigenvalue weighted by Gasteiger charge is 2.18. The molecule has 0 saturated carbocycles. The maximum absolute atomic E-state index is 11.8. The van der Waals surface area contributed by atoms with Gasteiger partial charge in [0.25, 0.3) is 5.91 Å². The molecule has 0 spiro atoms. The Bertz CT molecular complexity index is 289. The lowest BCUT2D eigenvalue weighted by molar-refractivity contribution is 0.0760. The number of carbonyl (C=O) groups excluding carboxylic acids is 1. The summed E-state index contributed by atoms with van der Waals surface area (Å²) in [6.45, 7) is 3.36. The van der Waals surface area contributed by atoms with Gasteiger partial charge in [0.2, 0.25) is 0 Å². The Morgan fingerprint density at radius 3 is 3.21 bits per heavy atom. The monoisotopic (exact) mass is 195 g/mol. The molecule has 1 aromatic rings. The van der Waals surface area contributed by atoms with Gasteiger partial charge in [-0.15, -0.1) is 0 Å². The summed E-state index contributed by atoms with van der Waals surface area (Å²) in [5.41, 5.74) is 0.395. The first-order valence-electron chi connectivity index (χ1n) is 4.76. The lowest BCUT2D eigenvalue weighted by Gasteiger charge is -2.17. The molecular formula is C9H13N3O2. The summed E-state index contributed by atoms with van der Waals surface area (Å²) >= 11 is 0. The predicted molar refractivity (Wildman–Crippen MR) is 49.9 cm³/mol. The van der Waals surface area contributed by atoms with E-state index in [0.717, 1.165) is 32.6 Å². The van der Waals surface area contributed by atoms with Gasteiger partial charge in [-0.05, 0) is 13.0 Å². The van der Waals surface area contributed by atoms with E-state index in [1.165, 1.54) is 12.7 Å². The zero-order valence-electron chi connectivity index (χ0n) is 7.90. The van der Waals surface area contributed by atoms with Crippen LogP contribution in [0.4, 0.5) is 0 Å². The van der Waals surface area contributed by atoms with Crippen LogP contribution in [0.5, 0.6) is 0 Å². The van der Waals surface area contributed by atoms with Gasteiger partial charge in [0.1, 0.15) is 6.26 Å². The summed E-state index contributed by atoms with van der Waals surface area (Å²) in [4.78, 5) is 17.4. The van der Waals surface area contributed by atoms with Gasteiger partial charge in [0.05, 0.1) is 0 Å². The zero-order valence-corrected chi connectivity index (χ0v) is 7.90. The van der Waals surface area contributed by atoms with E-state index in [1.54, 1.807) is 4.90 Å². The van der Waals surface area contributed by atoms with Gasteiger partial charge in [-0.1, -0.05) is 0 Å². The number of hydrogen-bond acceptors (Lipinski definition) is 4. The maximum atomic E-state index is 11.8. The van der Waals surface area contributed by atoms with E-state index in [0.29, 0.717) is 5.69 Å². The number of oxazole rings is 1. The van der Waals surface area contributed by atoms with Crippen LogP contribution >= 0.6 is 0 Å². The Morgan fingerprint density at radius 1 is 1.50 bits per heavy atom. The largest absolute Gasteiger partial charge is 0.451 e. The lowest BCUT2D eigenvalue weighted by Crippen LogP contribution is -2.34. The number of aromatic nitrogens is 1. The van der Waals surface area contributed by atoms with Crippen LogP contribution in [0.15, 0.2) is 17.1 Å². The lowest BCUT2D eigenvalue weighted by atomic mass is 10.3. The van der Waals surface area contributed by atoms with Crippen LogP contribution in [-0.4, -0.2) is 42.0 Å². The van der Waals surface area contributed by atoms with Gasteiger partial charge in [0, 0.05) is 19.6 Å². The first-order valence-corrected chi connectivity index (χ1v) is 4.76. The highest BCUT2D eigenvalue weighted by atomic mass is 16.3. The Kier molecular flexibility index (Phi) is 2.78. The summed E-state index contributed by atoms with van der Waals surface area (Å²) in [5.74, 6) is -0.0394. The van der Waals surface area contributed by atoms with Crippen molar-refractivity contribution in [2.75, 3.05) is 26.2 Å². The van der Waals surface area contributed by atoms with Crippen LogP contribution in [-0.2, 0) is 0 Å². The minimum atomic E-state index is -0.0394. The van der Waals surface area contributed by atoms with E-state index in [1.807, 2.05) is 0 Å². The molecule has 0 atom stereocenters. The number of nitrogens with zero attached hydrogens (tertiary/aromatic N) is 2. The fraction of sp³-hybridized carbons (Fsp3) is 0.556. The standard InChI is InChI=1S/C9H13N3O2/c13-9(8-6-14-7-11-8)12-4-1-2-10-3-5-12/h6-7,10H,1-5H2. The van der Waals surface area contributed by atoms with E-state index < -0.39 is 0 Å². The molecular weight excluding hydrogens is 182 g/mol. The van der Waals surface area contributed by atoms with Crippen LogP contribution in [0.25, 0.3) is 0 Å². The molecule has 0 radical (unpaired) electrons. The molecule has 1 amide bonds. The second kappa shape index (κ2) is 4.23. The molecule has 76 valence electrons. The predicted octanol–water partition coefficient (Wildman–Crippen LogP) is 0.110. The van der Waals surface area contributed by atoms with Gasteiger partial charge in [-0.2, -0.15) is 0 Å². The van der Waals surface area contributed by atoms with Crippen molar-refractivity contribution in [1.82, 2.24) is 15.2 Å². The maximum Gasteiger partial charge on any atom is 0.275 e. The van der Waals surface area contributed by atoms with Crippen molar-refractivity contribution in [2.24, 2.45) is 0 Å². The molecule has 1 N–H and O–H groups in total. The van der Waals surface area contributed by atoms with E-state index in [4.69, 9.17) is 4.42 Å². The first-order chi connectivity index (χ1) is 6.88. The Labute approximate surface area is 82.1 Å². The molecule has 2 rings (SSSR count). The molecule has 0 aromatic carbocycles. The molecule has 2 heterocycles. The van der Waals surface area contributed by atoms with Crippen molar-refractivity contribution >= 4 is 5.91 Å². The highest BCUT2D eigenvalue weighted by molar-refractivity contribution is 5.91. The molecule has 0 aliphatic carbocycles. The Balaban J connectivity index is 2.03. The topological polar surface area (TPSA) is 58.4 Å². The summed E-state index contributed by atoms with van der Waals surface area (Å²) in [7, 11) is 0. The van der Waals surface area contributed by atoms with Crippen molar-refractivity contribution in [2.45, 2.75) is 6.42 Å². The second-order valence-electron chi connectivity index (χ2n) is 3.27. The summed E-state index contributed by atoms with van der Waals surface area (Å²) in [5, 5.41) is 3.24. The normalized spacial score (nSPS) is 17.9. The summed E-state index contributed by atoms with van der Waals surface area (Å²) < 4.78 is 4.78. The zero-order chi connectivity index (χ0) is 9.80. The highest BCUT2D eigenvalue weighted by Crippen LogP contribution is 2.03. The van der Waals surface area contributed by atoms with Crippen LogP contribution in [0.3, 0.4) is 0 Å². The van der Waals surface area contributed by atoms with Gasteiger partial charge >= 0.3 is 0 Å². The smallest absolute Gasteiger partial charge is 0.275 e. The van der Waals surface area contributed by atoms with Crippen molar-refractivity contribution in [1.29, 1.82) is 0 Å². The third-order valence-electron chi connectivity index (χ3n) is 2.28. The fourth-order valence-corrected chi connectivity index (χ4v) is 1.53. The molecule has 5 nitrogen and oxygen atoms in total. The first kappa shape index (κ1) is 9.21. The molecule has 1 aliphatic heterocycles. The molecule has 14 heavy (non-hydrogen) atoms. The Morgan fingerprint density at radius 2 is 2.43 bits per heavy atom. The second-order valence-corrected chi connectivity index (χ2v) is 3.27.